The van der Waals surface area contributed by atoms with E-state index >= 15 is 0 Å². The molecule has 2 atom stereocenters. The van der Waals surface area contributed by atoms with Gasteiger partial charge in [-0.25, -0.2) is 9.59 Å². The third-order valence-corrected chi connectivity index (χ3v) is 5.72. The van der Waals surface area contributed by atoms with E-state index in [-0.39, 0.29) is 17.9 Å². The third-order valence-electron chi connectivity index (χ3n) is 4.53. The molecule has 8 heteroatoms. The fourth-order valence-corrected chi connectivity index (χ4v) is 4.33. The van der Waals surface area contributed by atoms with Gasteiger partial charge < -0.3 is 20.6 Å². The number of amides is 3. The van der Waals surface area contributed by atoms with Crippen LogP contribution in [0, 0.1) is 11.8 Å². The van der Waals surface area contributed by atoms with E-state index in [2.05, 4.69) is 10.6 Å². The van der Waals surface area contributed by atoms with Crippen molar-refractivity contribution in [1.29, 1.82) is 0 Å². The predicted molar refractivity (Wildman–Crippen MR) is 93.0 cm³/mol. The number of carbonyl (C=O) groups excluding carboxylic acids is 2. The zero-order valence-electron chi connectivity index (χ0n) is 14.3. The average Bonchev–Trinajstić information content (AvgIpc) is 3.02. The molecule has 0 aromatic carbocycles. The highest BCUT2D eigenvalue weighted by Crippen LogP contribution is 2.29. The number of piperidine rings is 1. The van der Waals surface area contributed by atoms with E-state index in [4.69, 9.17) is 0 Å². The number of urea groups is 1. The van der Waals surface area contributed by atoms with Crippen molar-refractivity contribution in [2.24, 2.45) is 11.8 Å². The van der Waals surface area contributed by atoms with Crippen molar-refractivity contribution in [3.05, 3.63) is 0 Å². The van der Waals surface area contributed by atoms with Gasteiger partial charge in [0.2, 0.25) is 5.91 Å². The second-order valence-electron chi connectivity index (χ2n) is 7.04. The van der Waals surface area contributed by atoms with Gasteiger partial charge in [0.15, 0.2) is 0 Å². The minimum atomic E-state index is -1.15. The summed E-state index contributed by atoms with van der Waals surface area (Å²) in [6, 6.07) is -0.148. The fraction of sp³-hybridized carbons (Fsp3) is 0.812. The van der Waals surface area contributed by atoms with Crippen molar-refractivity contribution in [3.8, 4) is 0 Å². The highest BCUT2D eigenvalue weighted by atomic mass is 32.2. The lowest BCUT2D eigenvalue weighted by Gasteiger charge is -2.34. The number of aliphatic carboxylic acids is 1. The summed E-state index contributed by atoms with van der Waals surface area (Å²) in [5.41, 5.74) is -1.15. The minimum Gasteiger partial charge on any atom is -0.479 e. The highest BCUT2D eigenvalue weighted by Gasteiger charge is 2.44. The van der Waals surface area contributed by atoms with E-state index in [1.165, 1.54) is 0 Å². The smallest absolute Gasteiger partial charge is 0.330 e. The number of hydrogen-bond acceptors (Lipinski definition) is 4. The summed E-state index contributed by atoms with van der Waals surface area (Å²) in [6.45, 7) is 5.63. The Bertz CT molecular complexity index is 492. The average molecular weight is 357 g/mol. The molecule has 2 rings (SSSR count). The van der Waals surface area contributed by atoms with E-state index in [0.717, 1.165) is 12.2 Å². The molecule has 2 unspecified atom stereocenters. The molecule has 24 heavy (non-hydrogen) atoms. The van der Waals surface area contributed by atoms with Gasteiger partial charge in [-0.1, -0.05) is 13.8 Å². The van der Waals surface area contributed by atoms with Crippen LogP contribution in [0.3, 0.4) is 0 Å². The first kappa shape index (κ1) is 18.9. The maximum atomic E-state index is 12.6. The Labute approximate surface area is 146 Å². The van der Waals surface area contributed by atoms with Gasteiger partial charge in [-0.05, 0) is 30.9 Å². The number of hydrogen-bond donors (Lipinski definition) is 3. The second-order valence-corrected chi connectivity index (χ2v) is 8.15. The molecule has 0 aliphatic carbocycles. The summed E-state index contributed by atoms with van der Waals surface area (Å²) < 4.78 is 0. The first-order valence-electron chi connectivity index (χ1n) is 8.50. The first-order chi connectivity index (χ1) is 11.3. The van der Waals surface area contributed by atoms with E-state index in [1.54, 1.807) is 16.7 Å². The summed E-state index contributed by atoms with van der Waals surface area (Å²) >= 11 is 1.54. The number of nitrogens with zero attached hydrogens (tertiary/aromatic N) is 1. The molecule has 3 amide bonds. The molecule has 0 radical (unpaired) electrons. The number of thioether (sulfide) groups is 1. The van der Waals surface area contributed by atoms with Crippen LogP contribution in [0.4, 0.5) is 4.79 Å². The highest BCUT2D eigenvalue weighted by molar-refractivity contribution is 7.99. The lowest BCUT2D eigenvalue weighted by Crippen LogP contribution is -2.58. The molecule has 2 heterocycles. The molecule has 2 fully saturated rings. The molecule has 2 aliphatic heterocycles. The first-order valence-corrected chi connectivity index (χ1v) is 9.65. The molecular weight excluding hydrogens is 330 g/mol. The molecule has 0 aromatic rings. The topological polar surface area (TPSA) is 98.7 Å². The summed E-state index contributed by atoms with van der Waals surface area (Å²) in [4.78, 5) is 37.9. The van der Waals surface area contributed by atoms with Gasteiger partial charge >= 0.3 is 12.0 Å². The third kappa shape index (κ3) is 4.55. The number of carboxylic acids is 1. The van der Waals surface area contributed by atoms with Crippen molar-refractivity contribution in [2.75, 3.05) is 31.1 Å². The van der Waals surface area contributed by atoms with E-state index in [0.29, 0.717) is 44.1 Å². The van der Waals surface area contributed by atoms with Crippen molar-refractivity contribution in [2.45, 2.75) is 38.6 Å². The van der Waals surface area contributed by atoms with Gasteiger partial charge in [0.1, 0.15) is 5.54 Å². The van der Waals surface area contributed by atoms with Gasteiger partial charge in [0.25, 0.3) is 0 Å². The lowest BCUT2D eigenvalue weighted by atomic mass is 9.93. The van der Waals surface area contributed by atoms with Gasteiger partial charge in [-0.2, -0.15) is 11.8 Å². The van der Waals surface area contributed by atoms with E-state index in [9.17, 15) is 19.5 Å². The number of rotatable bonds is 5. The Morgan fingerprint density at radius 2 is 2.12 bits per heavy atom. The number of nitrogens with one attached hydrogen (secondary N) is 2. The summed E-state index contributed by atoms with van der Waals surface area (Å²) in [6.07, 6.45) is 1.88. The van der Waals surface area contributed by atoms with Gasteiger partial charge in [0, 0.05) is 25.4 Å². The molecular formula is C16H27N3O4S. The fourth-order valence-electron chi connectivity index (χ4n) is 3.00. The Hall–Kier alpha value is -1.44. The van der Waals surface area contributed by atoms with Crippen LogP contribution in [-0.2, 0) is 9.59 Å². The number of likely N-dealkylation sites (tertiary alicyclic amines) is 1. The second kappa shape index (κ2) is 8.09. The van der Waals surface area contributed by atoms with Gasteiger partial charge in [-0.15, -0.1) is 0 Å². The zero-order chi connectivity index (χ0) is 17.7. The van der Waals surface area contributed by atoms with Gasteiger partial charge in [0.05, 0.1) is 5.92 Å². The summed E-state index contributed by atoms with van der Waals surface area (Å²) in [7, 11) is 0. The molecule has 7 nitrogen and oxygen atoms in total. The normalized spacial score (nSPS) is 27.1. The number of carbonyl (C=O) groups is 3. The minimum absolute atomic E-state index is 0.148. The Balaban J connectivity index is 1.92. The largest absolute Gasteiger partial charge is 0.479 e. The van der Waals surface area contributed by atoms with Crippen LogP contribution in [0.2, 0.25) is 0 Å². The van der Waals surface area contributed by atoms with Crippen LogP contribution in [0.1, 0.15) is 33.1 Å². The maximum Gasteiger partial charge on any atom is 0.330 e. The summed E-state index contributed by atoms with van der Waals surface area (Å²) in [5.74, 6) is -0.0525. The Morgan fingerprint density at radius 3 is 2.71 bits per heavy atom. The molecule has 2 saturated heterocycles. The Kier molecular flexibility index (Phi) is 6.37. The van der Waals surface area contributed by atoms with Crippen LogP contribution in [0.25, 0.3) is 0 Å². The molecule has 3 N–H and O–H groups in total. The monoisotopic (exact) mass is 357 g/mol. The van der Waals surface area contributed by atoms with Crippen molar-refractivity contribution < 1.29 is 19.5 Å². The standard InChI is InChI=1S/C16H27N3O4S/c1-11(2)8-17-15(23)19-6-3-4-12(9-19)13(20)18-16(14(21)22)5-7-24-10-16/h11-12H,3-10H2,1-2H3,(H,17,23)(H,18,20)(H,21,22). The molecule has 136 valence electrons. The molecule has 0 bridgehead atoms. The maximum absolute atomic E-state index is 12.6. The molecule has 0 saturated carbocycles. The lowest BCUT2D eigenvalue weighted by molar-refractivity contribution is -0.147. The van der Waals surface area contributed by atoms with E-state index in [1.807, 2.05) is 13.8 Å². The SMILES string of the molecule is CC(C)CNC(=O)N1CCCC(C(=O)NC2(C(=O)O)CCSC2)C1. The van der Waals surface area contributed by atoms with Crippen molar-refractivity contribution in [3.63, 3.8) is 0 Å². The van der Waals surface area contributed by atoms with Crippen LogP contribution in [-0.4, -0.2) is 64.6 Å². The van der Waals surface area contributed by atoms with Crippen LogP contribution in [0.15, 0.2) is 0 Å². The zero-order valence-corrected chi connectivity index (χ0v) is 15.2. The molecule has 2 aliphatic rings. The Morgan fingerprint density at radius 1 is 1.38 bits per heavy atom. The molecule has 0 aromatic heterocycles. The van der Waals surface area contributed by atoms with Crippen molar-refractivity contribution in [1.82, 2.24) is 15.5 Å². The van der Waals surface area contributed by atoms with Gasteiger partial charge in [-0.3, -0.25) is 4.79 Å². The quantitative estimate of drug-likeness (QED) is 0.685. The van der Waals surface area contributed by atoms with Crippen LogP contribution in [0.5, 0.6) is 0 Å². The predicted octanol–water partition coefficient (Wildman–Crippen LogP) is 1.14. The van der Waals surface area contributed by atoms with Crippen molar-refractivity contribution >= 4 is 29.7 Å². The number of carboxylic acid groups (broad SMARTS) is 1. The van der Waals surface area contributed by atoms with Crippen LogP contribution < -0.4 is 10.6 Å². The van der Waals surface area contributed by atoms with Crippen LogP contribution >= 0.6 is 11.8 Å². The summed E-state index contributed by atoms with van der Waals surface area (Å²) in [5, 5.41) is 15.1. The van der Waals surface area contributed by atoms with E-state index < -0.39 is 11.5 Å². The molecule has 0 spiro atoms.